The van der Waals surface area contributed by atoms with Gasteiger partial charge in [0.05, 0.1) is 12.1 Å². The molecule has 0 spiro atoms. The summed E-state index contributed by atoms with van der Waals surface area (Å²) in [4.78, 5) is 14.7. The number of fused-ring (bicyclic) bond motifs is 2. The monoisotopic (exact) mass is 277 g/mol. The smallest absolute Gasteiger partial charge is 0.317 e. The summed E-state index contributed by atoms with van der Waals surface area (Å²) in [5.41, 5.74) is 0. The zero-order valence-corrected chi connectivity index (χ0v) is 11.9. The Kier molecular flexibility index (Phi) is 2.29. The second-order valence-electron chi connectivity index (χ2n) is 7.46. The highest BCUT2D eigenvalue weighted by Crippen LogP contribution is 2.55. The zero-order chi connectivity index (χ0) is 13.4. The van der Waals surface area contributed by atoms with Gasteiger partial charge in [0.1, 0.15) is 0 Å². The van der Waals surface area contributed by atoms with Crippen LogP contribution in [0.3, 0.4) is 0 Å². The van der Waals surface area contributed by atoms with Crippen LogP contribution >= 0.6 is 0 Å². The van der Waals surface area contributed by atoms with Crippen LogP contribution in [0.15, 0.2) is 0 Å². The molecule has 2 N–H and O–H groups in total. The van der Waals surface area contributed by atoms with Gasteiger partial charge in [0.25, 0.3) is 0 Å². The van der Waals surface area contributed by atoms with E-state index in [1.165, 1.54) is 12.8 Å². The number of piperidine rings is 1. The van der Waals surface area contributed by atoms with Crippen molar-refractivity contribution in [3.8, 4) is 0 Å². The summed E-state index contributed by atoms with van der Waals surface area (Å²) in [5, 5.41) is 6.66. The summed E-state index contributed by atoms with van der Waals surface area (Å²) in [5.74, 6) is 3.52. The van der Waals surface area contributed by atoms with Gasteiger partial charge in [-0.05, 0) is 42.4 Å². The van der Waals surface area contributed by atoms with Gasteiger partial charge in [-0.25, -0.2) is 4.79 Å². The first kappa shape index (κ1) is 11.8. The third-order valence-corrected chi connectivity index (χ3v) is 6.73. The number of urea groups is 1. The van der Waals surface area contributed by atoms with E-state index in [9.17, 15) is 4.79 Å². The number of rotatable bonds is 2. The molecule has 5 rings (SSSR count). The molecular weight excluding hydrogens is 254 g/mol. The third kappa shape index (κ3) is 1.38. The molecule has 8 atom stereocenters. The lowest BCUT2D eigenvalue weighted by Crippen LogP contribution is -2.50. The number of amides is 2. The fourth-order valence-electron chi connectivity index (χ4n) is 5.81. The second kappa shape index (κ2) is 3.89. The van der Waals surface area contributed by atoms with Crippen LogP contribution in [-0.2, 0) is 4.74 Å². The first-order chi connectivity index (χ1) is 9.78. The van der Waals surface area contributed by atoms with Crippen molar-refractivity contribution in [2.24, 2.45) is 29.6 Å². The summed E-state index contributed by atoms with van der Waals surface area (Å²) in [6, 6.07) is 0.951. The molecule has 2 amide bonds. The molecular formula is C15H23N3O2. The number of hydrogen-bond acceptors (Lipinski definition) is 3. The highest BCUT2D eigenvalue weighted by molar-refractivity contribution is 5.76. The summed E-state index contributed by atoms with van der Waals surface area (Å²) in [6.07, 6.45) is 2.82. The average Bonchev–Trinajstić information content (AvgIpc) is 2.93. The topological polar surface area (TPSA) is 53.6 Å². The van der Waals surface area contributed by atoms with Gasteiger partial charge < -0.3 is 20.3 Å². The van der Waals surface area contributed by atoms with Crippen molar-refractivity contribution in [1.29, 1.82) is 0 Å². The second-order valence-corrected chi connectivity index (χ2v) is 7.46. The Morgan fingerprint density at radius 1 is 1.20 bits per heavy atom. The largest absolute Gasteiger partial charge is 0.379 e. The van der Waals surface area contributed by atoms with Crippen molar-refractivity contribution in [2.45, 2.75) is 31.0 Å². The Morgan fingerprint density at radius 2 is 2.00 bits per heavy atom. The van der Waals surface area contributed by atoms with Gasteiger partial charge in [0, 0.05) is 32.8 Å². The van der Waals surface area contributed by atoms with Gasteiger partial charge in [0.2, 0.25) is 0 Å². The van der Waals surface area contributed by atoms with Gasteiger partial charge in [-0.1, -0.05) is 0 Å². The Hall–Kier alpha value is -0.810. The zero-order valence-electron chi connectivity index (χ0n) is 11.9. The van der Waals surface area contributed by atoms with Gasteiger partial charge in [-0.3, -0.25) is 0 Å². The predicted octanol–water partition coefficient (Wildman–Crippen LogP) is 0.269. The SMILES string of the molecule is COC1C2CC3CN(C(=O)NC4[C@H]5CNC[C@@H]45)C1C3C2. The van der Waals surface area contributed by atoms with E-state index in [2.05, 4.69) is 15.5 Å². The van der Waals surface area contributed by atoms with Crippen LogP contribution in [0.2, 0.25) is 0 Å². The van der Waals surface area contributed by atoms with E-state index >= 15 is 0 Å². The number of likely N-dealkylation sites (tertiary alicyclic amines) is 1. The van der Waals surface area contributed by atoms with Crippen molar-refractivity contribution in [1.82, 2.24) is 15.5 Å². The van der Waals surface area contributed by atoms with E-state index in [1.54, 1.807) is 0 Å². The molecule has 20 heavy (non-hydrogen) atoms. The summed E-state index contributed by atoms with van der Waals surface area (Å²) in [7, 11) is 1.81. The average molecular weight is 277 g/mol. The van der Waals surface area contributed by atoms with Crippen LogP contribution in [-0.4, -0.2) is 55.9 Å². The normalized spacial score (nSPS) is 54.4. The Bertz CT molecular complexity index is 444. The van der Waals surface area contributed by atoms with E-state index in [-0.39, 0.29) is 12.1 Å². The van der Waals surface area contributed by atoms with E-state index in [0.717, 1.165) is 25.6 Å². The summed E-state index contributed by atoms with van der Waals surface area (Å²) >= 11 is 0. The maximum atomic E-state index is 12.6. The molecule has 5 fully saturated rings. The lowest BCUT2D eigenvalue weighted by molar-refractivity contribution is 0.0189. The van der Waals surface area contributed by atoms with Crippen LogP contribution in [0.25, 0.3) is 0 Å². The van der Waals surface area contributed by atoms with Crippen molar-refractivity contribution in [3.05, 3.63) is 0 Å². The minimum absolute atomic E-state index is 0.173. The molecule has 3 aliphatic carbocycles. The molecule has 2 bridgehead atoms. The minimum Gasteiger partial charge on any atom is -0.379 e. The first-order valence-electron chi connectivity index (χ1n) is 8.08. The number of carbonyl (C=O) groups is 1. The van der Waals surface area contributed by atoms with Crippen molar-refractivity contribution >= 4 is 6.03 Å². The minimum atomic E-state index is 0.173. The predicted molar refractivity (Wildman–Crippen MR) is 73.2 cm³/mol. The fourth-order valence-corrected chi connectivity index (χ4v) is 5.81. The lowest BCUT2D eigenvalue weighted by Gasteiger charge is -2.31. The maximum Gasteiger partial charge on any atom is 0.317 e. The number of ether oxygens (including phenoxy) is 1. The van der Waals surface area contributed by atoms with Gasteiger partial charge in [-0.15, -0.1) is 0 Å². The van der Waals surface area contributed by atoms with Gasteiger partial charge in [0.15, 0.2) is 0 Å². The number of hydrogen-bond donors (Lipinski definition) is 2. The van der Waals surface area contributed by atoms with Crippen molar-refractivity contribution in [3.63, 3.8) is 0 Å². The summed E-state index contributed by atoms with van der Waals surface area (Å²) < 4.78 is 5.72. The van der Waals surface area contributed by atoms with Crippen LogP contribution < -0.4 is 10.6 Å². The van der Waals surface area contributed by atoms with Gasteiger partial charge in [-0.2, -0.15) is 0 Å². The Balaban J connectivity index is 1.31. The molecule has 0 radical (unpaired) electrons. The standard InChI is InChI=1S/C15H23N3O2/c1-20-14-7-2-8-6-18(13(14)9(8)3-7)15(19)17-12-10-4-16-5-11(10)12/h7-14,16H,2-6H2,1H3,(H,17,19)/t7?,8?,9?,10-,11+,12?,13?,14?. The highest BCUT2D eigenvalue weighted by atomic mass is 16.5. The molecule has 2 heterocycles. The van der Waals surface area contributed by atoms with Crippen LogP contribution in [0.5, 0.6) is 0 Å². The Labute approximate surface area is 119 Å². The van der Waals surface area contributed by atoms with Crippen LogP contribution in [0.1, 0.15) is 12.8 Å². The first-order valence-corrected chi connectivity index (χ1v) is 8.08. The number of nitrogens with zero attached hydrogens (tertiary/aromatic N) is 1. The molecule has 5 heteroatoms. The van der Waals surface area contributed by atoms with Crippen molar-refractivity contribution < 1.29 is 9.53 Å². The fraction of sp³-hybridized carbons (Fsp3) is 0.933. The Morgan fingerprint density at radius 3 is 2.75 bits per heavy atom. The maximum absolute atomic E-state index is 12.6. The molecule has 2 saturated heterocycles. The number of nitrogens with one attached hydrogen (secondary N) is 2. The quantitative estimate of drug-likeness (QED) is 0.762. The number of methoxy groups -OCH3 is 1. The molecule has 6 unspecified atom stereocenters. The molecule has 0 aromatic rings. The highest BCUT2D eigenvalue weighted by Gasteiger charge is 2.61. The lowest BCUT2D eigenvalue weighted by atomic mass is 9.88. The third-order valence-electron chi connectivity index (χ3n) is 6.73. The molecule has 3 saturated carbocycles. The van der Waals surface area contributed by atoms with E-state index in [4.69, 9.17) is 4.74 Å². The van der Waals surface area contributed by atoms with Gasteiger partial charge >= 0.3 is 6.03 Å². The van der Waals surface area contributed by atoms with Crippen molar-refractivity contribution in [2.75, 3.05) is 26.7 Å². The molecule has 0 aromatic carbocycles. The van der Waals surface area contributed by atoms with E-state index in [0.29, 0.717) is 35.8 Å². The molecule has 5 aliphatic rings. The summed E-state index contributed by atoms with van der Waals surface area (Å²) in [6.45, 7) is 3.11. The van der Waals surface area contributed by atoms with E-state index in [1.807, 2.05) is 7.11 Å². The molecule has 110 valence electrons. The van der Waals surface area contributed by atoms with Crippen LogP contribution in [0, 0.1) is 29.6 Å². The molecule has 5 nitrogen and oxygen atoms in total. The van der Waals surface area contributed by atoms with E-state index < -0.39 is 0 Å². The van der Waals surface area contributed by atoms with Crippen LogP contribution in [0.4, 0.5) is 4.79 Å². The molecule has 0 aromatic heterocycles. The molecule has 2 aliphatic heterocycles. The number of carbonyl (C=O) groups excluding carboxylic acids is 1.